The number of hydrogen-bond acceptors (Lipinski definition) is 3. The van der Waals surface area contributed by atoms with E-state index in [2.05, 4.69) is 34.5 Å². The van der Waals surface area contributed by atoms with E-state index in [-0.39, 0.29) is 5.91 Å². The van der Waals surface area contributed by atoms with E-state index in [0.29, 0.717) is 30.3 Å². The number of amides is 1. The summed E-state index contributed by atoms with van der Waals surface area (Å²) >= 11 is 2.20. The molecule has 0 fully saturated rings. The van der Waals surface area contributed by atoms with Gasteiger partial charge in [0.25, 0.3) is 5.91 Å². The fourth-order valence-electron chi connectivity index (χ4n) is 1.96. The molecule has 2 aromatic carbocycles. The molecule has 0 saturated carbocycles. The third-order valence-electron chi connectivity index (χ3n) is 2.94. The molecule has 0 aliphatic rings. The molecule has 0 atom stereocenters. The van der Waals surface area contributed by atoms with E-state index in [1.807, 2.05) is 31.2 Å². The van der Waals surface area contributed by atoms with E-state index in [9.17, 15) is 4.79 Å². The largest absolute Gasteiger partial charge is 0.490 e. The Bertz CT molecular complexity index is 700. The summed E-state index contributed by atoms with van der Waals surface area (Å²) in [5.74, 6) is 0.949. The SMILES string of the molecule is C=CCOc1ccc(C(=O)Nc2cccc(I)c2)cc1OCC. The van der Waals surface area contributed by atoms with E-state index in [0.717, 1.165) is 9.26 Å². The molecule has 0 aromatic heterocycles. The summed E-state index contributed by atoms with van der Waals surface area (Å²) in [5, 5.41) is 2.87. The average Bonchev–Trinajstić information content (AvgIpc) is 2.54. The predicted molar refractivity (Wildman–Crippen MR) is 100 cm³/mol. The van der Waals surface area contributed by atoms with Crippen LogP contribution in [0, 0.1) is 3.57 Å². The maximum absolute atomic E-state index is 12.4. The normalized spacial score (nSPS) is 10.0. The van der Waals surface area contributed by atoms with Crippen LogP contribution < -0.4 is 14.8 Å². The number of hydrogen-bond donors (Lipinski definition) is 1. The van der Waals surface area contributed by atoms with Crippen molar-refractivity contribution in [2.24, 2.45) is 0 Å². The van der Waals surface area contributed by atoms with E-state index in [1.165, 1.54) is 0 Å². The van der Waals surface area contributed by atoms with Gasteiger partial charge in [-0.3, -0.25) is 4.79 Å². The number of rotatable bonds is 7. The lowest BCUT2D eigenvalue weighted by Crippen LogP contribution is -2.12. The molecule has 0 spiro atoms. The Morgan fingerprint density at radius 2 is 2.04 bits per heavy atom. The van der Waals surface area contributed by atoms with Gasteiger partial charge in [0.15, 0.2) is 11.5 Å². The number of ether oxygens (including phenoxy) is 2. The Morgan fingerprint density at radius 1 is 1.22 bits per heavy atom. The zero-order valence-electron chi connectivity index (χ0n) is 12.8. The van der Waals surface area contributed by atoms with Gasteiger partial charge in [0.2, 0.25) is 0 Å². The van der Waals surface area contributed by atoms with Crippen molar-refractivity contribution in [1.82, 2.24) is 0 Å². The summed E-state index contributed by atoms with van der Waals surface area (Å²) in [6.45, 7) is 6.38. The van der Waals surface area contributed by atoms with Crippen LogP contribution in [-0.4, -0.2) is 19.1 Å². The molecule has 0 radical (unpaired) electrons. The van der Waals surface area contributed by atoms with Gasteiger partial charge in [0, 0.05) is 14.8 Å². The second-order valence-corrected chi connectivity index (χ2v) is 5.90. The molecule has 2 rings (SSSR count). The summed E-state index contributed by atoms with van der Waals surface area (Å²) in [6, 6.07) is 12.8. The molecule has 2 aromatic rings. The van der Waals surface area contributed by atoms with Crippen molar-refractivity contribution in [3.05, 3.63) is 64.3 Å². The topological polar surface area (TPSA) is 47.6 Å². The number of anilines is 1. The molecule has 0 heterocycles. The molecule has 0 saturated heterocycles. The van der Waals surface area contributed by atoms with Gasteiger partial charge in [-0.2, -0.15) is 0 Å². The Morgan fingerprint density at radius 3 is 2.74 bits per heavy atom. The van der Waals surface area contributed by atoms with Crippen molar-refractivity contribution in [3.63, 3.8) is 0 Å². The number of benzene rings is 2. The summed E-state index contributed by atoms with van der Waals surface area (Å²) < 4.78 is 12.1. The summed E-state index contributed by atoms with van der Waals surface area (Å²) in [5.41, 5.74) is 1.27. The maximum atomic E-state index is 12.4. The summed E-state index contributed by atoms with van der Waals surface area (Å²) in [4.78, 5) is 12.4. The van der Waals surface area contributed by atoms with E-state index >= 15 is 0 Å². The Kier molecular flexibility index (Phi) is 6.46. The highest BCUT2D eigenvalue weighted by Crippen LogP contribution is 2.29. The van der Waals surface area contributed by atoms with Gasteiger partial charge in [-0.15, -0.1) is 0 Å². The smallest absolute Gasteiger partial charge is 0.255 e. The molecule has 1 N–H and O–H groups in total. The lowest BCUT2D eigenvalue weighted by molar-refractivity contribution is 0.102. The lowest BCUT2D eigenvalue weighted by Gasteiger charge is -2.12. The molecule has 0 aliphatic heterocycles. The monoisotopic (exact) mass is 423 g/mol. The van der Waals surface area contributed by atoms with Crippen LogP contribution >= 0.6 is 22.6 Å². The fourth-order valence-corrected chi connectivity index (χ4v) is 2.50. The van der Waals surface area contributed by atoms with Gasteiger partial charge in [0.1, 0.15) is 6.61 Å². The molecule has 4 nitrogen and oxygen atoms in total. The Balaban J connectivity index is 2.19. The molecule has 0 aliphatic carbocycles. The molecular weight excluding hydrogens is 405 g/mol. The molecule has 120 valence electrons. The highest BCUT2D eigenvalue weighted by atomic mass is 127. The maximum Gasteiger partial charge on any atom is 0.255 e. The van der Waals surface area contributed by atoms with Gasteiger partial charge in [-0.05, 0) is 65.9 Å². The van der Waals surface area contributed by atoms with Gasteiger partial charge in [0.05, 0.1) is 6.61 Å². The zero-order valence-corrected chi connectivity index (χ0v) is 15.0. The third kappa shape index (κ3) is 4.99. The first-order chi connectivity index (χ1) is 11.1. The van der Waals surface area contributed by atoms with Gasteiger partial charge in [-0.25, -0.2) is 0 Å². The van der Waals surface area contributed by atoms with Gasteiger partial charge in [-0.1, -0.05) is 18.7 Å². The van der Waals surface area contributed by atoms with Crippen LogP contribution in [0.1, 0.15) is 17.3 Å². The second kappa shape index (κ2) is 8.57. The molecular formula is C18H18INO3. The molecule has 0 unspecified atom stereocenters. The van der Waals surface area contributed by atoms with Crippen LogP contribution in [0.15, 0.2) is 55.1 Å². The van der Waals surface area contributed by atoms with Crippen molar-refractivity contribution < 1.29 is 14.3 Å². The van der Waals surface area contributed by atoms with Crippen molar-refractivity contribution >= 4 is 34.2 Å². The molecule has 23 heavy (non-hydrogen) atoms. The van der Waals surface area contributed by atoms with Crippen molar-refractivity contribution in [3.8, 4) is 11.5 Å². The molecule has 0 bridgehead atoms. The van der Waals surface area contributed by atoms with Crippen molar-refractivity contribution in [1.29, 1.82) is 0 Å². The number of halogens is 1. The highest BCUT2D eigenvalue weighted by Gasteiger charge is 2.12. The van der Waals surface area contributed by atoms with Crippen LogP contribution in [0.2, 0.25) is 0 Å². The first-order valence-corrected chi connectivity index (χ1v) is 8.29. The minimum Gasteiger partial charge on any atom is -0.490 e. The summed E-state index contributed by atoms with van der Waals surface area (Å²) in [6.07, 6.45) is 1.66. The first kappa shape index (κ1) is 17.3. The number of nitrogens with one attached hydrogen (secondary N) is 1. The number of carbonyl (C=O) groups is 1. The highest BCUT2D eigenvalue weighted by molar-refractivity contribution is 14.1. The third-order valence-corrected chi connectivity index (χ3v) is 3.62. The van der Waals surface area contributed by atoms with Crippen LogP contribution in [0.5, 0.6) is 11.5 Å². The standard InChI is InChI=1S/C18H18INO3/c1-3-10-23-16-9-8-13(11-17(16)22-4-2)18(21)20-15-7-5-6-14(19)12-15/h3,5-9,11-12H,1,4,10H2,2H3,(H,20,21). The van der Waals surface area contributed by atoms with Crippen LogP contribution in [0.4, 0.5) is 5.69 Å². The molecule has 1 amide bonds. The minimum absolute atomic E-state index is 0.191. The minimum atomic E-state index is -0.191. The van der Waals surface area contributed by atoms with Crippen LogP contribution in [-0.2, 0) is 0 Å². The molecule has 5 heteroatoms. The van der Waals surface area contributed by atoms with E-state index < -0.39 is 0 Å². The zero-order chi connectivity index (χ0) is 16.7. The van der Waals surface area contributed by atoms with Crippen molar-refractivity contribution in [2.75, 3.05) is 18.5 Å². The van der Waals surface area contributed by atoms with Gasteiger partial charge >= 0.3 is 0 Å². The number of carbonyl (C=O) groups excluding carboxylic acids is 1. The van der Waals surface area contributed by atoms with E-state index in [1.54, 1.807) is 24.3 Å². The van der Waals surface area contributed by atoms with Crippen molar-refractivity contribution in [2.45, 2.75) is 6.92 Å². The second-order valence-electron chi connectivity index (χ2n) is 4.66. The van der Waals surface area contributed by atoms with Gasteiger partial charge < -0.3 is 14.8 Å². The fraction of sp³-hybridized carbons (Fsp3) is 0.167. The first-order valence-electron chi connectivity index (χ1n) is 7.21. The predicted octanol–water partition coefficient (Wildman–Crippen LogP) is 4.51. The van der Waals surface area contributed by atoms with E-state index in [4.69, 9.17) is 9.47 Å². The van der Waals surface area contributed by atoms with Crippen LogP contribution in [0.25, 0.3) is 0 Å². The lowest BCUT2D eigenvalue weighted by atomic mass is 10.2. The quantitative estimate of drug-likeness (QED) is 0.527. The van der Waals surface area contributed by atoms with Crippen LogP contribution in [0.3, 0.4) is 0 Å². The Hall–Kier alpha value is -2.02. The summed E-state index contributed by atoms with van der Waals surface area (Å²) in [7, 11) is 0. The average molecular weight is 423 g/mol. The Labute approximate surface area is 149 Å².